The van der Waals surface area contributed by atoms with Crippen molar-refractivity contribution in [2.45, 2.75) is 13.8 Å². The van der Waals surface area contributed by atoms with Gasteiger partial charge in [0.25, 0.3) is 0 Å². The number of carbonyl (C=O) groups is 1. The van der Waals surface area contributed by atoms with Gasteiger partial charge in [0.05, 0.1) is 6.61 Å². The summed E-state index contributed by atoms with van der Waals surface area (Å²) in [6.07, 6.45) is 1.60. The van der Waals surface area contributed by atoms with Gasteiger partial charge in [-0.05, 0) is 37.1 Å². The molecule has 16 heavy (non-hydrogen) atoms. The molecule has 4 heteroatoms. The third-order valence-electron chi connectivity index (χ3n) is 1.98. The quantitative estimate of drug-likeness (QED) is 0.685. The molecule has 2 N–H and O–H groups in total. The summed E-state index contributed by atoms with van der Waals surface area (Å²) in [4.78, 5) is 11.3. The number of hydrogen-bond donors (Lipinski definition) is 1. The van der Waals surface area contributed by atoms with E-state index in [4.69, 9.17) is 10.5 Å². The number of rotatable bonds is 3. The molecule has 0 fully saturated rings. The molecule has 3 nitrogen and oxygen atoms in total. The standard InChI is InChI=1S/C12H14BrNO2/c1-3-16-12(15)11(14)7-9-5-4-8(2)6-10(9)13/h4-7H,3,14H2,1-2H3/b11-7-. The summed E-state index contributed by atoms with van der Waals surface area (Å²) >= 11 is 3.41. The summed E-state index contributed by atoms with van der Waals surface area (Å²) in [5.41, 5.74) is 7.71. The molecule has 0 aliphatic heterocycles. The maximum Gasteiger partial charge on any atom is 0.354 e. The lowest BCUT2D eigenvalue weighted by Crippen LogP contribution is -2.14. The molecule has 0 saturated carbocycles. The molecule has 0 aliphatic carbocycles. The lowest BCUT2D eigenvalue weighted by molar-refractivity contribution is -0.138. The Morgan fingerprint density at radius 1 is 1.56 bits per heavy atom. The summed E-state index contributed by atoms with van der Waals surface area (Å²) in [7, 11) is 0. The Hall–Kier alpha value is -1.29. The molecule has 0 atom stereocenters. The molecule has 0 unspecified atom stereocenters. The van der Waals surface area contributed by atoms with Gasteiger partial charge >= 0.3 is 5.97 Å². The lowest BCUT2D eigenvalue weighted by Gasteiger charge is -2.03. The molecular formula is C12H14BrNO2. The van der Waals surface area contributed by atoms with Crippen LogP contribution in [-0.2, 0) is 9.53 Å². The second-order valence-corrected chi connectivity index (χ2v) is 4.20. The Kier molecular flexibility index (Phi) is 4.55. The van der Waals surface area contributed by atoms with E-state index in [1.807, 2.05) is 25.1 Å². The van der Waals surface area contributed by atoms with Crippen LogP contribution in [0.3, 0.4) is 0 Å². The topological polar surface area (TPSA) is 52.3 Å². The minimum Gasteiger partial charge on any atom is -0.461 e. The third-order valence-corrected chi connectivity index (χ3v) is 2.66. The Bertz CT molecular complexity index is 427. The summed E-state index contributed by atoms with van der Waals surface area (Å²) < 4.78 is 5.69. The zero-order chi connectivity index (χ0) is 12.1. The van der Waals surface area contributed by atoms with Gasteiger partial charge in [-0.15, -0.1) is 0 Å². The fourth-order valence-electron chi connectivity index (χ4n) is 1.19. The van der Waals surface area contributed by atoms with Gasteiger partial charge in [-0.2, -0.15) is 0 Å². The maximum absolute atomic E-state index is 11.3. The minimum atomic E-state index is -0.491. The predicted molar refractivity (Wildman–Crippen MR) is 67.7 cm³/mol. The highest BCUT2D eigenvalue weighted by Gasteiger charge is 2.06. The van der Waals surface area contributed by atoms with Crippen molar-refractivity contribution in [3.05, 3.63) is 39.5 Å². The Morgan fingerprint density at radius 2 is 2.25 bits per heavy atom. The molecule has 0 aromatic heterocycles. The van der Waals surface area contributed by atoms with Gasteiger partial charge in [-0.1, -0.05) is 28.1 Å². The first kappa shape index (κ1) is 12.8. The van der Waals surface area contributed by atoms with Gasteiger partial charge in [0.1, 0.15) is 5.70 Å². The van der Waals surface area contributed by atoms with E-state index in [2.05, 4.69) is 15.9 Å². The van der Waals surface area contributed by atoms with E-state index in [9.17, 15) is 4.79 Å². The number of hydrogen-bond acceptors (Lipinski definition) is 3. The van der Waals surface area contributed by atoms with Crippen LogP contribution in [0.2, 0.25) is 0 Å². The van der Waals surface area contributed by atoms with Crippen molar-refractivity contribution < 1.29 is 9.53 Å². The van der Waals surface area contributed by atoms with Crippen LogP contribution < -0.4 is 5.73 Å². The summed E-state index contributed by atoms with van der Waals surface area (Å²) in [6, 6.07) is 5.81. The molecule has 0 amide bonds. The second-order valence-electron chi connectivity index (χ2n) is 3.35. The first-order valence-electron chi connectivity index (χ1n) is 4.95. The van der Waals surface area contributed by atoms with E-state index >= 15 is 0 Å². The molecule has 0 heterocycles. The van der Waals surface area contributed by atoms with Crippen molar-refractivity contribution >= 4 is 28.0 Å². The van der Waals surface area contributed by atoms with Crippen LogP contribution in [0, 0.1) is 6.92 Å². The lowest BCUT2D eigenvalue weighted by atomic mass is 10.1. The monoisotopic (exact) mass is 283 g/mol. The van der Waals surface area contributed by atoms with E-state index in [0.717, 1.165) is 15.6 Å². The SMILES string of the molecule is CCOC(=O)/C(N)=C/c1ccc(C)cc1Br. The van der Waals surface area contributed by atoms with Crippen molar-refractivity contribution in [3.8, 4) is 0 Å². The summed E-state index contributed by atoms with van der Waals surface area (Å²) in [5, 5.41) is 0. The summed E-state index contributed by atoms with van der Waals surface area (Å²) in [6.45, 7) is 4.06. The number of esters is 1. The van der Waals surface area contributed by atoms with Gasteiger partial charge in [-0.25, -0.2) is 4.79 Å². The average molecular weight is 284 g/mol. The number of carbonyl (C=O) groups excluding carboxylic acids is 1. The molecule has 1 rings (SSSR count). The number of nitrogens with two attached hydrogens (primary N) is 1. The highest BCUT2D eigenvalue weighted by Crippen LogP contribution is 2.20. The third kappa shape index (κ3) is 3.38. The minimum absolute atomic E-state index is 0.103. The Morgan fingerprint density at radius 3 is 2.81 bits per heavy atom. The second kappa shape index (κ2) is 5.70. The van der Waals surface area contributed by atoms with Crippen LogP contribution in [0.1, 0.15) is 18.1 Å². The average Bonchev–Trinajstić information content (AvgIpc) is 2.22. The first-order chi connectivity index (χ1) is 7.54. The zero-order valence-electron chi connectivity index (χ0n) is 9.29. The van der Waals surface area contributed by atoms with Crippen LogP contribution in [0.4, 0.5) is 0 Å². The predicted octanol–water partition coefficient (Wildman–Crippen LogP) is 2.62. The fourth-order valence-corrected chi connectivity index (χ4v) is 1.80. The first-order valence-corrected chi connectivity index (χ1v) is 5.74. The molecule has 1 aromatic rings. The molecule has 86 valence electrons. The molecule has 0 saturated heterocycles. The van der Waals surface area contributed by atoms with Gasteiger partial charge in [0, 0.05) is 4.47 Å². The van der Waals surface area contributed by atoms with Crippen molar-refractivity contribution in [2.75, 3.05) is 6.61 Å². The Labute approximate surface area is 103 Å². The summed E-state index contributed by atoms with van der Waals surface area (Å²) in [5.74, 6) is -0.491. The van der Waals surface area contributed by atoms with E-state index in [0.29, 0.717) is 6.61 Å². The van der Waals surface area contributed by atoms with Crippen LogP contribution in [0.5, 0.6) is 0 Å². The fraction of sp³-hybridized carbons (Fsp3) is 0.250. The molecule has 0 bridgehead atoms. The number of halogens is 1. The van der Waals surface area contributed by atoms with Crippen LogP contribution in [-0.4, -0.2) is 12.6 Å². The van der Waals surface area contributed by atoms with E-state index in [1.54, 1.807) is 13.0 Å². The highest BCUT2D eigenvalue weighted by molar-refractivity contribution is 9.10. The van der Waals surface area contributed by atoms with E-state index in [1.165, 1.54) is 0 Å². The van der Waals surface area contributed by atoms with Gasteiger partial charge in [-0.3, -0.25) is 0 Å². The van der Waals surface area contributed by atoms with Crippen molar-refractivity contribution in [3.63, 3.8) is 0 Å². The maximum atomic E-state index is 11.3. The van der Waals surface area contributed by atoms with Crippen molar-refractivity contribution in [2.24, 2.45) is 5.73 Å². The Balaban J connectivity index is 2.94. The number of benzene rings is 1. The highest BCUT2D eigenvalue weighted by atomic mass is 79.9. The number of ether oxygens (including phenoxy) is 1. The van der Waals surface area contributed by atoms with Gasteiger partial charge in [0.15, 0.2) is 0 Å². The van der Waals surface area contributed by atoms with Crippen molar-refractivity contribution in [1.29, 1.82) is 0 Å². The molecule has 1 aromatic carbocycles. The van der Waals surface area contributed by atoms with Crippen molar-refractivity contribution in [1.82, 2.24) is 0 Å². The molecule has 0 radical (unpaired) electrons. The zero-order valence-corrected chi connectivity index (χ0v) is 10.9. The van der Waals surface area contributed by atoms with Gasteiger partial charge in [0.2, 0.25) is 0 Å². The molecule has 0 spiro atoms. The van der Waals surface area contributed by atoms with E-state index in [-0.39, 0.29) is 5.70 Å². The van der Waals surface area contributed by atoms with Gasteiger partial charge < -0.3 is 10.5 Å². The van der Waals surface area contributed by atoms with E-state index < -0.39 is 5.97 Å². The smallest absolute Gasteiger partial charge is 0.354 e. The largest absolute Gasteiger partial charge is 0.461 e. The number of aryl methyl sites for hydroxylation is 1. The molecule has 0 aliphatic rings. The van der Waals surface area contributed by atoms with Crippen LogP contribution >= 0.6 is 15.9 Å². The molecular weight excluding hydrogens is 270 g/mol. The van der Waals surface area contributed by atoms with Crippen LogP contribution in [0.25, 0.3) is 6.08 Å². The normalized spacial score (nSPS) is 11.3. The van der Waals surface area contributed by atoms with Crippen LogP contribution in [0.15, 0.2) is 28.4 Å².